The highest BCUT2D eigenvalue weighted by Gasteiger charge is 2.28. The highest BCUT2D eigenvalue weighted by Crippen LogP contribution is 2.48. The van der Waals surface area contributed by atoms with E-state index >= 15 is 0 Å². The van der Waals surface area contributed by atoms with Crippen LogP contribution < -0.4 is 0 Å². The van der Waals surface area contributed by atoms with Gasteiger partial charge in [-0.2, -0.15) is 0 Å². The van der Waals surface area contributed by atoms with Crippen LogP contribution in [0.3, 0.4) is 0 Å². The zero-order valence-electron chi connectivity index (χ0n) is 14.3. The van der Waals surface area contributed by atoms with Gasteiger partial charge in [0.15, 0.2) is 0 Å². The lowest BCUT2D eigenvalue weighted by Gasteiger charge is -2.10. The fourth-order valence-corrected chi connectivity index (χ4v) is 4.99. The average Bonchev–Trinajstić information content (AvgIpc) is 3.20. The lowest BCUT2D eigenvalue weighted by molar-refractivity contribution is 1.16. The fourth-order valence-electron chi connectivity index (χ4n) is 4.99. The largest absolute Gasteiger partial charge is 0.0619 e. The van der Waals surface area contributed by atoms with Gasteiger partial charge in [-0.1, -0.05) is 66.7 Å². The summed E-state index contributed by atoms with van der Waals surface area (Å²) in [5.74, 6) is 0. The van der Waals surface area contributed by atoms with E-state index in [0.29, 0.717) is 0 Å². The lowest BCUT2D eigenvalue weighted by Crippen LogP contribution is -1.90. The molecule has 2 aliphatic rings. The van der Waals surface area contributed by atoms with Crippen molar-refractivity contribution in [3.05, 3.63) is 94.5 Å². The Balaban J connectivity index is 1.66. The van der Waals surface area contributed by atoms with E-state index in [0.717, 1.165) is 12.8 Å². The molecule has 0 heteroatoms. The summed E-state index contributed by atoms with van der Waals surface area (Å²) in [5, 5.41) is 2.80. The molecule has 0 unspecified atom stereocenters. The van der Waals surface area contributed by atoms with Gasteiger partial charge in [0.05, 0.1) is 0 Å². The topological polar surface area (TPSA) is 0 Å². The first-order valence-corrected chi connectivity index (χ1v) is 9.06. The molecule has 0 saturated carbocycles. The third kappa shape index (κ3) is 1.67. The molecule has 0 atom stereocenters. The first-order valence-electron chi connectivity index (χ1n) is 9.06. The van der Waals surface area contributed by atoms with Crippen LogP contribution in [0.5, 0.6) is 0 Å². The number of fused-ring (bicyclic) bond motifs is 9. The standard InChI is InChI=1S/C25H18/c1-15-12-17-14-24-22(25(17)21-9-5-4-7-18(15)21)11-10-20-19-8-3-2-6-16(19)13-23(20)24/h2-12H,13-14H2,1H3. The third-order valence-corrected chi connectivity index (χ3v) is 6.08. The van der Waals surface area contributed by atoms with Crippen LogP contribution in [0, 0.1) is 6.92 Å². The van der Waals surface area contributed by atoms with Crippen molar-refractivity contribution in [1.82, 2.24) is 0 Å². The second-order valence-electron chi connectivity index (χ2n) is 7.40. The molecule has 0 nitrogen and oxygen atoms in total. The SMILES string of the molecule is Cc1cc2c(c3ccccc13)-c1ccc3c(c1C2)Cc1ccccc1-3. The molecule has 2 aliphatic carbocycles. The molecule has 0 bridgehead atoms. The first kappa shape index (κ1) is 13.4. The number of rotatable bonds is 0. The highest BCUT2D eigenvalue weighted by atomic mass is 14.3. The Hall–Kier alpha value is -2.86. The molecule has 0 heterocycles. The van der Waals surface area contributed by atoms with E-state index in [9.17, 15) is 0 Å². The monoisotopic (exact) mass is 318 g/mol. The van der Waals surface area contributed by atoms with E-state index in [2.05, 4.69) is 73.7 Å². The smallest absolute Gasteiger partial charge is 0.00100 e. The molecule has 4 aromatic carbocycles. The van der Waals surface area contributed by atoms with E-state index in [1.165, 1.54) is 49.7 Å². The second kappa shape index (κ2) is 4.61. The Kier molecular flexibility index (Phi) is 2.48. The molecule has 118 valence electrons. The molecule has 0 N–H and O–H groups in total. The number of hydrogen-bond donors (Lipinski definition) is 0. The van der Waals surface area contributed by atoms with E-state index < -0.39 is 0 Å². The van der Waals surface area contributed by atoms with Gasteiger partial charge in [0.25, 0.3) is 0 Å². The summed E-state index contributed by atoms with van der Waals surface area (Å²) in [5.41, 5.74) is 13.3. The number of hydrogen-bond acceptors (Lipinski definition) is 0. The van der Waals surface area contributed by atoms with Crippen LogP contribution in [-0.4, -0.2) is 0 Å². The molecule has 25 heavy (non-hydrogen) atoms. The third-order valence-electron chi connectivity index (χ3n) is 6.08. The Labute approximate surface area is 147 Å². The summed E-state index contributed by atoms with van der Waals surface area (Å²) >= 11 is 0. The predicted molar refractivity (Wildman–Crippen MR) is 105 cm³/mol. The Morgan fingerprint density at radius 1 is 0.600 bits per heavy atom. The summed E-state index contributed by atoms with van der Waals surface area (Å²) in [7, 11) is 0. The first-order chi connectivity index (χ1) is 12.3. The molecule has 4 aromatic rings. The van der Waals surface area contributed by atoms with Gasteiger partial charge in [-0.3, -0.25) is 0 Å². The molecule has 0 fully saturated rings. The summed E-state index contributed by atoms with van der Waals surface area (Å²) in [6, 6.07) is 24.9. The normalized spacial score (nSPS) is 13.5. The van der Waals surface area contributed by atoms with Crippen molar-refractivity contribution >= 4 is 10.8 Å². The van der Waals surface area contributed by atoms with Crippen LogP contribution in [-0.2, 0) is 12.8 Å². The quantitative estimate of drug-likeness (QED) is 0.309. The second-order valence-corrected chi connectivity index (χ2v) is 7.40. The van der Waals surface area contributed by atoms with Crippen molar-refractivity contribution < 1.29 is 0 Å². The molecule has 0 saturated heterocycles. The van der Waals surface area contributed by atoms with Gasteiger partial charge in [-0.15, -0.1) is 0 Å². The summed E-state index contributed by atoms with van der Waals surface area (Å²) in [6.45, 7) is 2.24. The zero-order chi connectivity index (χ0) is 16.5. The van der Waals surface area contributed by atoms with Crippen LogP contribution in [0.2, 0.25) is 0 Å². The van der Waals surface area contributed by atoms with Crippen LogP contribution in [0.25, 0.3) is 33.0 Å². The van der Waals surface area contributed by atoms with E-state index in [1.807, 2.05) is 0 Å². The van der Waals surface area contributed by atoms with Crippen LogP contribution in [0.4, 0.5) is 0 Å². The zero-order valence-corrected chi connectivity index (χ0v) is 14.3. The van der Waals surface area contributed by atoms with Crippen molar-refractivity contribution in [3.63, 3.8) is 0 Å². The maximum Gasteiger partial charge on any atom is -0.00100 e. The number of aryl methyl sites for hydroxylation is 1. The van der Waals surface area contributed by atoms with Gasteiger partial charge in [0.2, 0.25) is 0 Å². The summed E-state index contributed by atoms with van der Waals surface area (Å²) < 4.78 is 0. The van der Waals surface area contributed by atoms with Gasteiger partial charge < -0.3 is 0 Å². The van der Waals surface area contributed by atoms with E-state index in [-0.39, 0.29) is 0 Å². The van der Waals surface area contributed by atoms with E-state index in [1.54, 1.807) is 11.1 Å². The van der Waals surface area contributed by atoms with Gasteiger partial charge in [0, 0.05) is 0 Å². The van der Waals surface area contributed by atoms with Gasteiger partial charge in [-0.25, -0.2) is 0 Å². The fraction of sp³-hybridized carbons (Fsp3) is 0.120. The van der Waals surface area contributed by atoms with Crippen LogP contribution >= 0.6 is 0 Å². The highest BCUT2D eigenvalue weighted by molar-refractivity contribution is 6.03. The lowest BCUT2D eigenvalue weighted by atomic mass is 9.93. The molecule has 0 radical (unpaired) electrons. The van der Waals surface area contributed by atoms with E-state index in [4.69, 9.17) is 0 Å². The number of benzene rings is 4. The van der Waals surface area contributed by atoms with Crippen LogP contribution in [0.15, 0.2) is 66.7 Å². The Morgan fingerprint density at radius 3 is 2.20 bits per heavy atom. The van der Waals surface area contributed by atoms with Gasteiger partial charge >= 0.3 is 0 Å². The molecular weight excluding hydrogens is 300 g/mol. The predicted octanol–water partition coefficient (Wildman–Crippen LogP) is 6.29. The molecular formula is C25H18. The van der Waals surface area contributed by atoms with Crippen molar-refractivity contribution in [1.29, 1.82) is 0 Å². The molecule has 6 rings (SSSR count). The summed E-state index contributed by atoms with van der Waals surface area (Å²) in [4.78, 5) is 0. The van der Waals surface area contributed by atoms with Gasteiger partial charge in [0.1, 0.15) is 0 Å². The maximum atomic E-state index is 2.41. The van der Waals surface area contributed by atoms with Gasteiger partial charge in [-0.05, 0) is 80.6 Å². The molecule has 0 aliphatic heterocycles. The van der Waals surface area contributed by atoms with Crippen molar-refractivity contribution in [2.24, 2.45) is 0 Å². The van der Waals surface area contributed by atoms with Crippen LogP contribution in [0.1, 0.15) is 27.8 Å². The molecule has 0 aromatic heterocycles. The molecule has 0 spiro atoms. The Bertz CT molecular complexity index is 1190. The maximum absolute atomic E-state index is 2.41. The van der Waals surface area contributed by atoms with Crippen molar-refractivity contribution in [3.8, 4) is 22.3 Å². The average molecular weight is 318 g/mol. The molecule has 0 amide bonds. The summed E-state index contributed by atoms with van der Waals surface area (Å²) in [6.07, 6.45) is 2.16. The Morgan fingerprint density at radius 2 is 1.28 bits per heavy atom. The minimum Gasteiger partial charge on any atom is -0.0619 e. The van der Waals surface area contributed by atoms with Crippen molar-refractivity contribution in [2.45, 2.75) is 19.8 Å². The minimum atomic E-state index is 1.08. The van der Waals surface area contributed by atoms with Crippen molar-refractivity contribution in [2.75, 3.05) is 0 Å². The minimum absolute atomic E-state index is 1.08.